The Kier molecular flexibility index (Phi) is 4.93. The van der Waals surface area contributed by atoms with Crippen LogP contribution in [0.4, 0.5) is 10.1 Å². The monoisotopic (exact) mass is 420 g/mol. The van der Waals surface area contributed by atoms with Crippen molar-refractivity contribution in [2.24, 2.45) is 10.7 Å². The van der Waals surface area contributed by atoms with Gasteiger partial charge in [0.05, 0.1) is 16.8 Å². The summed E-state index contributed by atoms with van der Waals surface area (Å²) in [4.78, 5) is 20.7. The first-order valence-electron chi connectivity index (χ1n) is 8.84. The molecule has 0 radical (unpaired) electrons. The van der Waals surface area contributed by atoms with Gasteiger partial charge in [-0.3, -0.25) is 14.0 Å². The Bertz CT molecular complexity index is 992. The molecule has 1 aliphatic carbocycles. The summed E-state index contributed by atoms with van der Waals surface area (Å²) in [6, 6.07) is 6.62. The van der Waals surface area contributed by atoms with Gasteiger partial charge < -0.3 is 11.1 Å². The number of amides is 1. The van der Waals surface area contributed by atoms with Crippen LogP contribution in [0, 0.1) is 5.82 Å². The molecule has 9 heteroatoms. The van der Waals surface area contributed by atoms with Gasteiger partial charge in [0.15, 0.2) is 0 Å². The van der Waals surface area contributed by atoms with Crippen LogP contribution in [0.25, 0.3) is 0 Å². The fourth-order valence-corrected chi connectivity index (χ4v) is 5.47. The zero-order valence-corrected chi connectivity index (χ0v) is 16.4. The molecule has 1 aromatic heterocycles. The third-order valence-electron chi connectivity index (χ3n) is 5.24. The average molecular weight is 421 g/mol. The van der Waals surface area contributed by atoms with Crippen molar-refractivity contribution in [2.75, 3.05) is 11.1 Å². The molecule has 2 heterocycles. The highest BCUT2D eigenvalue weighted by Gasteiger charge is 2.49. The van der Waals surface area contributed by atoms with Crippen molar-refractivity contribution in [2.45, 2.75) is 30.1 Å². The summed E-state index contributed by atoms with van der Waals surface area (Å²) in [6.45, 7) is 0. The predicted octanol–water partition coefficient (Wildman–Crippen LogP) is 3.21. The van der Waals surface area contributed by atoms with Gasteiger partial charge in [0.2, 0.25) is 0 Å². The molecule has 3 N–H and O–H groups in total. The van der Waals surface area contributed by atoms with Crippen LogP contribution >= 0.6 is 11.6 Å². The maximum absolute atomic E-state index is 14.5. The zero-order chi connectivity index (χ0) is 19.9. The van der Waals surface area contributed by atoms with Crippen molar-refractivity contribution < 1.29 is 13.4 Å². The molecule has 2 aromatic rings. The van der Waals surface area contributed by atoms with Crippen LogP contribution in [0.15, 0.2) is 41.5 Å². The number of pyridine rings is 1. The van der Waals surface area contributed by atoms with E-state index >= 15 is 0 Å². The van der Waals surface area contributed by atoms with Gasteiger partial charge in [-0.2, -0.15) is 0 Å². The molecule has 1 aromatic carbocycles. The Balaban J connectivity index is 1.58. The second kappa shape index (κ2) is 7.25. The molecule has 1 amide bonds. The fourth-order valence-electron chi connectivity index (χ4n) is 3.47. The first-order chi connectivity index (χ1) is 13.4. The van der Waals surface area contributed by atoms with E-state index in [1.165, 1.54) is 30.5 Å². The number of halogens is 2. The molecule has 28 heavy (non-hydrogen) atoms. The second-order valence-electron chi connectivity index (χ2n) is 6.94. The lowest BCUT2D eigenvalue weighted by Crippen LogP contribution is -2.56. The van der Waals surface area contributed by atoms with Crippen LogP contribution in [0.3, 0.4) is 0 Å². The molecular weight excluding hydrogens is 403 g/mol. The number of amidine groups is 1. The summed E-state index contributed by atoms with van der Waals surface area (Å²) < 4.78 is 26.6. The van der Waals surface area contributed by atoms with E-state index in [0.29, 0.717) is 16.5 Å². The molecule has 1 saturated carbocycles. The van der Waals surface area contributed by atoms with Crippen molar-refractivity contribution in [3.05, 3.63) is 58.6 Å². The second-order valence-corrected chi connectivity index (χ2v) is 9.18. The average Bonchev–Trinajstić information content (AvgIpc) is 2.62. The Morgan fingerprint density at radius 2 is 2.11 bits per heavy atom. The van der Waals surface area contributed by atoms with Gasteiger partial charge in [-0.15, -0.1) is 0 Å². The zero-order valence-electron chi connectivity index (χ0n) is 14.8. The third kappa shape index (κ3) is 3.31. The SMILES string of the molecule is NC1=NC(c2cc(NC(=O)c3ccc(Cl)cn3)ccc2F)CS(=O)C12CCC2. The minimum Gasteiger partial charge on any atom is -0.386 e. The normalized spacial score (nSPS) is 23.0. The molecule has 146 valence electrons. The number of nitrogens with zero attached hydrogens (tertiary/aromatic N) is 2. The first-order valence-corrected chi connectivity index (χ1v) is 10.5. The van der Waals surface area contributed by atoms with Gasteiger partial charge in [0.25, 0.3) is 5.91 Å². The van der Waals surface area contributed by atoms with Crippen molar-refractivity contribution >= 4 is 39.8 Å². The van der Waals surface area contributed by atoms with E-state index in [0.717, 1.165) is 19.3 Å². The maximum atomic E-state index is 14.5. The summed E-state index contributed by atoms with van der Waals surface area (Å²) in [5.41, 5.74) is 6.93. The standard InChI is InChI=1S/C19H18ClFN4O2S/c20-11-2-5-15(23-9-11)17(26)24-12-3-4-14(21)13(8-12)16-10-28(27)19(6-1-7-19)18(22)25-16/h2-5,8-9,16H,1,6-7,10H2,(H2,22,25)(H,24,26). The molecule has 4 rings (SSSR count). The van der Waals surface area contributed by atoms with Crippen LogP contribution < -0.4 is 11.1 Å². The summed E-state index contributed by atoms with van der Waals surface area (Å²) in [7, 11) is -1.21. The van der Waals surface area contributed by atoms with Crippen molar-refractivity contribution in [1.82, 2.24) is 4.98 Å². The van der Waals surface area contributed by atoms with Gasteiger partial charge in [0.1, 0.15) is 22.1 Å². The van der Waals surface area contributed by atoms with Gasteiger partial charge in [-0.05, 0) is 49.6 Å². The number of aliphatic imine (C=N–C) groups is 1. The largest absolute Gasteiger partial charge is 0.386 e. The molecule has 2 aliphatic rings. The number of anilines is 1. The van der Waals surface area contributed by atoms with Crippen LogP contribution in [-0.4, -0.2) is 31.4 Å². The van der Waals surface area contributed by atoms with Crippen molar-refractivity contribution in [3.8, 4) is 0 Å². The Morgan fingerprint density at radius 3 is 2.71 bits per heavy atom. The van der Waals surface area contributed by atoms with Gasteiger partial charge in [0, 0.05) is 28.2 Å². The van der Waals surface area contributed by atoms with Gasteiger partial charge in [-0.1, -0.05) is 11.6 Å². The van der Waals surface area contributed by atoms with E-state index in [1.54, 1.807) is 6.07 Å². The lowest BCUT2D eigenvalue weighted by Gasteiger charge is -2.43. The number of hydrogen-bond acceptors (Lipinski definition) is 5. The maximum Gasteiger partial charge on any atom is 0.274 e. The smallest absolute Gasteiger partial charge is 0.274 e. The number of nitrogens with one attached hydrogen (secondary N) is 1. The number of rotatable bonds is 3. The molecule has 2 unspecified atom stereocenters. The van der Waals surface area contributed by atoms with E-state index in [1.807, 2.05) is 0 Å². The Hall–Kier alpha value is -2.32. The molecule has 6 nitrogen and oxygen atoms in total. The minimum absolute atomic E-state index is 0.184. The van der Waals surface area contributed by atoms with Gasteiger partial charge in [-0.25, -0.2) is 9.37 Å². The highest BCUT2D eigenvalue weighted by atomic mass is 35.5. The number of benzene rings is 1. The quantitative estimate of drug-likeness (QED) is 0.796. The minimum atomic E-state index is -1.21. The molecule has 1 spiro atoms. The lowest BCUT2D eigenvalue weighted by molar-refractivity contribution is 0.102. The molecule has 1 fully saturated rings. The predicted molar refractivity (Wildman–Crippen MR) is 108 cm³/mol. The van der Waals surface area contributed by atoms with E-state index in [-0.39, 0.29) is 17.0 Å². The fraction of sp³-hybridized carbons (Fsp3) is 0.316. The number of carbonyl (C=O) groups is 1. The van der Waals surface area contributed by atoms with Crippen LogP contribution in [0.1, 0.15) is 41.4 Å². The summed E-state index contributed by atoms with van der Waals surface area (Å²) in [6.07, 6.45) is 3.86. The number of hydrogen-bond donors (Lipinski definition) is 2. The Labute approximate surface area is 168 Å². The van der Waals surface area contributed by atoms with E-state index in [2.05, 4.69) is 15.3 Å². The number of aromatic nitrogens is 1. The molecule has 1 aliphatic heterocycles. The van der Waals surface area contributed by atoms with Crippen molar-refractivity contribution in [3.63, 3.8) is 0 Å². The lowest BCUT2D eigenvalue weighted by atomic mass is 9.83. The third-order valence-corrected chi connectivity index (χ3v) is 7.57. The highest BCUT2D eigenvalue weighted by Crippen LogP contribution is 2.43. The highest BCUT2D eigenvalue weighted by molar-refractivity contribution is 7.87. The van der Waals surface area contributed by atoms with Crippen LogP contribution in [0.5, 0.6) is 0 Å². The molecule has 0 bridgehead atoms. The van der Waals surface area contributed by atoms with Crippen molar-refractivity contribution in [1.29, 1.82) is 0 Å². The molecular formula is C19H18ClFN4O2S. The van der Waals surface area contributed by atoms with Crippen LogP contribution in [0.2, 0.25) is 5.02 Å². The first kappa shape index (κ1) is 19.0. The summed E-state index contributed by atoms with van der Waals surface area (Å²) in [5.74, 6) is -0.371. The summed E-state index contributed by atoms with van der Waals surface area (Å²) >= 11 is 5.78. The topological polar surface area (TPSA) is 97.4 Å². The molecule has 2 atom stereocenters. The van der Waals surface area contributed by atoms with Crippen LogP contribution in [-0.2, 0) is 10.8 Å². The number of carbonyl (C=O) groups excluding carboxylic acids is 1. The molecule has 0 saturated heterocycles. The van der Waals surface area contributed by atoms with Gasteiger partial charge >= 0.3 is 0 Å². The summed E-state index contributed by atoms with van der Waals surface area (Å²) in [5, 5.41) is 3.10. The van der Waals surface area contributed by atoms with E-state index in [9.17, 15) is 13.4 Å². The Morgan fingerprint density at radius 1 is 1.32 bits per heavy atom. The number of nitrogens with two attached hydrogens (primary N) is 1. The van der Waals surface area contributed by atoms with E-state index in [4.69, 9.17) is 17.3 Å². The van der Waals surface area contributed by atoms with E-state index < -0.39 is 33.3 Å².